The molecule has 6 heteroatoms. The van der Waals surface area contributed by atoms with Crippen molar-refractivity contribution in [3.63, 3.8) is 0 Å². The predicted molar refractivity (Wildman–Crippen MR) is 79.2 cm³/mol. The Balaban J connectivity index is 2.41. The van der Waals surface area contributed by atoms with Gasteiger partial charge in [0.1, 0.15) is 0 Å². The monoisotopic (exact) mass is 284 g/mol. The molecule has 0 radical (unpaired) electrons. The van der Waals surface area contributed by atoms with Crippen molar-refractivity contribution in [3.8, 4) is 0 Å². The minimum Gasteiger partial charge on any atom is -0.368 e. The first-order valence-electron chi connectivity index (χ1n) is 6.57. The average molecular weight is 284 g/mol. The smallest absolute Gasteiger partial charge is 0.237 e. The largest absolute Gasteiger partial charge is 0.368 e. The first-order chi connectivity index (χ1) is 8.89. The van der Waals surface area contributed by atoms with Crippen LogP contribution in [0, 0.1) is 6.92 Å². The third kappa shape index (κ3) is 4.54. The van der Waals surface area contributed by atoms with Gasteiger partial charge < -0.3 is 11.1 Å². The van der Waals surface area contributed by atoms with Crippen LogP contribution in [0.15, 0.2) is 11.1 Å². The fourth-order valence-electron chi connectivity index (χ4n) is 2.01. The molecule has 1 unspecified atom stereocenters. The maximum absolute atomic E-state index is 11.5. The lowest BCUT2D eigenvalue weighted by Crippen LogP contribution is -2.53. The van der Waals surface area contributed by atoms with E-state index in [-0.39, 0.29) is 5.91 Å². The molecule has 1 atom stereocenters. The van der Waals surface area contributed by atoms with Gasteiger partial charge in [0, 0.05) is 7.05 Å². The van der Waals surface area contributed by atoms with Gasteiger partial charge in [0.2, 0.25) is 5.91 Å². The molecule has 5 nitrogen and oxygen atoms in total. The summed E-state index contributed by atoms with van der Waals surface area (Å²) in [7, 11) is 1.95. The van der Waals surface area contributed by atoms with Crippen molar-refractivity contribution in [2.24, 2.45) is 12.8 Å². The maximum atomic E-state index is 11.5. The topological polar surface area (TPSA) is 72.9 Å². The van der Waals surface area contributed by atoms with E-state index in [1.807, 2.05) is 32.5 Å². The third-order valence-corrected chi connectivity index (χ3v) is 4.31. The van der Waals surface area contributed by atoms with Crippen molar-refractivity contribution >= 4 is 17.7 Å². The lowest BCUT2D eigenvalue weighted by Gasteiger charge is -2.26. The van der Waals surface area contributed by atoms with Crippen molar-refractivity contribution in [1.29, 1.82) is 0 Å². The molecule has 0 saturated heterocycles. The summed E-state index contributed by atoms with van der Waals surface area (Å²) in [5.74, 6) is 0.670. The highest BCUT2D eigenvalue weighted by Crippen LogP contribution is 2.21. The molecule has 0 saturated carbocycles. The third-order valence-electron chi connectivity index (χ3n) is 3.14. The van der Waals surface area contributed by atoms with E-state index >= 15 is 0 Å². The van der Waals surface area contributed by atoms with E-state index in [0.29, 0.717) is 0 Å². The zero-order valence-electron chi connectivity index (χ0n) is 12.2. The summed E-state index contributed by atoms with van der Waals surface area (Å²) in [6, 6.07) is 2.07. The Morgan fingerprint density at radius 1 is 1.63 bits per heavy atom. The molecule has 0 bridgehead atoms. The SMILES string of the molecule is CCNC(C)(CCCSc1cc(C)nn1C)C(N)=O. The van der Waals surface area contributed by atoms with Crippen molar-refractivity contribution in [2.45, 2.75) is 44.2 Å². The number of thioether (sulfide) groups is 1. The minimum atomic E-state index is -0.600. The molecule has 0 aliphatic carbocycles. The Hall–Kier alpha value is -1.01. The fourth-order valence-corrected chi connectivity index (χ4v) is 2.99. The first kappa shape index (κ1) is 16.0. The van der Waals surface area contributed by atoms with Crippen LogP contribution in [-0.2, 0) is 11.8 Å². The summed E-state index contributed by atoms with van der Waals surface area (Å²) in [5.41, 5.74) is 5.88. The van der Waals surface area contributed by atoms with Gasteiger partial charge in [0.25, 0.3) is 0 Å². The number of nitrogens with zero attached hydrogens (tertiary/aromatic N) is 2. The second-order valence-corrected chi connectivity index (χ2v) is 6.04. The van der Waals surface area contributed by atoms with Gasteiger partial charge in [-0.05, 0) is 45.1 Å². The molecule has 1 heterocycles. The standard InChI is InChI=1S/C13H24N4OS/c1-5-15-13(3,12(14)18)7-6-8-19-11-9-10(2)16-17(11)4/h9,15H,5-8H2,1-4H3,(H2,14,18). The number of amides is 1. The van der Waals surface area contributed by atoms with Gasteiger partial charge in [-0.2, -0.15) is 5.10 Å². The molecule has 108 valence electrons. The number of hydrogen-bond donors (Lipinski definition) is 2. The van der Waals surface area contributed by atoms with Crippen molar-refractivity contribution in [1.82, 2.24) is 15.1 Å². The normalized spacial score (nSPS) is 14.3. The molecular formula is C13H24N4OS. The molecule has 0 aliphatic rings. The number of rotatable bonds is 8. The number of carbonyl (C=O) groups excluding carboxylic acids is 1. The summed E-state index contributed by atoms with van der Waals surface area (Å²) < 4.78 is 1.89. The van der Waals surface area contributed by atoms with Gasteiger partial charge in [-0.15, -0.1) is 11.8 Å². The molecule has 3 N–H and O–H groups in total. The number of likely N-dealkylation sites (N-methyl/N-ethyl adjacent to an activating group) is 1. The van der Waals surface area contributed by atoms with Crippen LogP contribution in [-0.4, -0.2) is 33.5 Å². The number of hydrogen-bond acceptors (Lipinski definition) is 4. The Morgan fingerprint density at radius 3 is 2.79 bits per heavy atom. The van der Waals surface area contributed by atoms with Gasteiger partial charge in [0.15, 0.2) is 0 Å². The number of aromatic nitrogens is 2. The predicted octanol–water partition coefficient (Wildman–Crippen LogP) is 1.45. The molecule has 1 amide bonds. The molecule has 1 aromatic heterocycles. The number of primary amides is 1. The maximum Gasteiger partial charge on any atom is 0.237 e. The van der Waals surface area contributed by atoms with Gasteiger partial charge in [-0.25, -0.2) is 0 Å². The van der Waals surface area contributed by atoms with E-state index in [4.69, 9.17) is 5.73 Å². The highest BCUT2D eigenvalue weighted by atomic mass is 32.2. The second-order valence-electron chi connectivity index (χ2n) is 4.93. The Morgan fingerprint density at radius 2 is 2.32 bits per heavy atom. The van der Waals surface area contributed by atoms with E-state index in [2.05, 4.69) is 16.5 Å². The van der Waals surface area contributed by atoms with Crippen LogP contribution in [0.2, 0.25) is 0 Å². The van der Waals surface area contributed by atoms with Gasteiger partial charge in [0.05, 0.1) is 16.3 Å². The Labute approximate surface area is 119 Å². The molecule has 1 aromatic rings. The molecule has 0 aromatic carbocycles. The zero-order chi connectivity index (χ0) is 14.5. The minimum absolute atomic E-state index is 0.282. The van der Waals surface area contributed by atoms with Crippen molar-refractivity contribution in [3.05, 3.63) is 11.8 Å². The van der Waals surface area contributed by atoms with Crippen LogP contribution in [0.1, 0.15) is 32.4 Å². The highest BCUT2D eigenvalue weighted by Gasteiger charge is 2.28. The lowest BCUT2D eigenvalue weighted by molar-refractivity contribution is -0.124. The van der Waals surface area contributed by atoms with Crippen LogP contribution in [0.3, 0.4) is 0 Å². The summed E-state index contributed by atoms with van der Waals surface area (Å²) >= 11 is 1.76. The first-order valence-corrected chi connectivity index (χ1v) is 7.56. The van der Waals surface area contributed by atoms with Crippen LogP contribution < -0.4 is 11.1 Å². The number of nitrogens with two attached hydrogens (primary N) is 1. The zero-order valence-corrected chi connectivity index (χ0v) is 13.0. The van der Waals surface area contributed by atoms with E-state index in [9.17, 15) is 4.79 Å². The van der Waals surface area contributed by atoms with E-state index in [0.717, 1.165) is 35.9 Å². The molecule has 19 heavy (non-hydrogen) atoms. The lowest BCUT2D eigenvalue weighted by atomic mass is 9.95. The van der Waals surface area contributed by atoms with Gasteiger partial charge in [-0.3, -0.25) is 9.48 Å². The molecule has 0 fully saturated rings. The van der Waals surface area contributed by atoms with Crippen LogP contribution in [0.5, 0.6) is 0 Å². The summed E-state index contributed by atoms with van der Waals surface area (Å²) in [6.07, 6.45) is 1.68. The molecule has 0 spiro atoms. The van der Waals surface area contributed by atoms with Gasteiger partial charge in [-0.1, -0.05) is 6.92 Å². The summed E-state index contributed by atoms with van der Waals surface area (Å²) in [4.78, 5) is 11.5. The highest BCUT2D eigenvalue weighted by molar-refractivity contribution is 7.99. The second kappa shape index (κ2) is 6.96. The van der Waals surface area contributed by atoms with Crippen molar-refractivity contribution in [2.75, 3.05) is 12.3 Å². The van der Waals surface area contributed by atoms with Crippen LogP contribution in [0.25, 0.3) is 0 Å². The quantitative estimate of drug-likeness (QED) is 0.560. The van der Waals surface area contributed by atoms with Crippen molar-refractivity contribution < 1.29 is 4.79 Å². The fraction of sp³-hybridized carbons (Fsp3) is 0.692. The van der Waals surface area contributed by atoms with E-state index in [1.54, 1.807) is 11.8 Å². The number of nitrogens with one attached hydrogen (secondary N) is 1. The Kier molecular flexibility index (Phi) is 5.87. The molecular weight excluding hydrogens is 260 g/mol. The van der Waals surface area contributed by atoms with E-state index < -0.39 is 5.54 Å². The molecule has 1 rings (SSSR count). The van der Waals surface area contributed by atoms with Gasteiger partial charge >= 0.3 is 0 Å². The Bertz CT molecular complexity index is 432. The number of aryl methyl sites for hydroxylation is 2. The number of carbonyl (C=O) groups is 1. The van der Waals surface area contributed by atoms with E-state index in [1.165, 1.54) is 0 Å². The summed E-state index contributed by atoms with van der Waals surface area (Å²) in [5, 5.41) is 8.63. The molecule has 0 aliphatic heterocycles. The average Bonchev–Trinajstić information content (AvgIpc) is 2.63. The van der Waals surface area contributed by atoms with Crippen LogP contribution >= 0.6 is 11.8 Å². The summed E-state index contributed by atoms with van der Waals surface area (Å²) in [6.45, 7) is 6.58. The van der Waals surface area contributed by atoms with Crippen LogP contribution in [0.4, 0.5) is 0 Å².